The fraction of sp³-hybridized carbons (Fsp3) is 0.455. The van der Waals surface area contributed by atoms with Gasteiger partial charge in [-0.2, -0.15) is 0 Å². The summed E-state index contributed by atoms with van der Waals surface area (Å²) in [5.41, 5.74) is 5.76. The SMILES string of the molecule is CC(CCN)c1cc(F)c(S(C)(=O)=O)cc1O. The molecular weight excluding hydrogens is 245 g/mol. The Morgan fingerprint density at radius 2 is 2.06 bits per heavy atom. The van der Waals surface area contributed by atoms with E-state index in [1.807, 2.05) is 0 Å². The van der Waals surface area contributed by atoms with Gasteiger partial charge in [0.05, 0.1) is 0 Å². The first-order chi connectivity index (χ1) is 7.77. The molecule has 1 rings (SSSR count). The van der Waals surface area contributed by atoms with Crippen molar-refractivity contribution >= 4 is 9.84 Å². The third kappa shape index (κ3) is 3.17. The van der Waals surface area contributed by atoms with E-state index in [2.05, 4.69) is 0 Å². The van der Waals surface area contributed by atoms with E-state index in [4.69, 9.17) is 5.73 Å². The van der Waals surface area contributed by atoms with Crippen molar-refractivity contribution in [3.63, 3.8) is 0 Å². The summed E-state index contributed by atoms with van der Waals surface area (Å²) in [6.07, 6.45) is 1.49. The minimum absolute atomic E-state index is 0.122. The average Bonchev–Trinajstić information content (AvgIpc) is 2.19. The molecule has 0 saturated heterocycles. The topological polar surface area (TPSA) is 80.4 Å². The number of rotatable bonds is 4. The van der Waals surface area contributed by atoms with Gasteiger partial charge < -0.3 is 10.8 Å². The van der Waals surface area contributed by atoms with Gasteiger partial charge in [0.15, 0.2) is 9.84 Å². The molecule has 1 aromatic rings. The first-order valence-corrected chi connectivity index (χ1v) is 7.09. The minimum Gasteiger partial charge on any atom is -0.508 e. The van der Waals surface area contributed by atoms with Crippen LogP contribution in [0, 0.1) is 5.82 Å². The van der Waals surface area contributed by atoms with Crippen molar-refractivity contribution in [1.82, 2.24) is 0 Å². The molecule has 0 spiro atoms. The predicted octanol–water partition coefficient (Wildman–Crippen LogP) is 1.39. The minimum atomic E-state index is -3.67. The maximum atomic E-state index is 13.6. The molecule has 0 heterocycles. The number of halogens is 1. The number of nitrogens with two attached hydrogens (primary N) is 1. The highest BCUT2D eigenvalue weighted by Crippen LogP contribution is 2.31. The predicted molar refractivity (Wildman–Crippen MR) is 63.3 cm³/mol. The zero-order valence-electron chi connectivity index (χ0n) is 9.77. The quantitative estimate of drug-likeness (QED) is 0.858. The van der Waals surface area contributed by atoms with E-state index in [0.29, 0.717) is 18.5 Å². The van der Waals surface area contributed by atoms with Gasteiger partial charge in [0.2, 0.25) is 0 Å². The Morgan fingerprint density at radius 1 is 1.47 bits per heavy atom. The summed E-state index contributed by atoms with van der Waals surface area (Å²) in [7, 11) is -3.67. The number of benzene rings is 1. The van der Waals surface area contributed by atoms with Crippen LogP contribution in [0.4, 0.5) is 4.39 Å². The molecule has 0 aliphatic rings. The summed E-state index contributed by atoms with van der Waals surface area (Å²) in [5.74, 6) is -1.18. The molecule has 0 amide bonds. The van der Waals surface area contributed by atoms with Crippen molar-refractivity contribution < 1.29 is 17.9 Å². The van der Waals surface area contributed by atoms with Crippen molar-refractivity contribution in [3.8, 4) is 5.75 Å². The molecule has 96 valence electrons. The Hall–Kier alpha value is -1.14. The fourth-order valence-corrected chi connectivity index (χ4v) is 2.38. The summed E-state index contributed by atoms with van der Waals surface area (Å²) < 4.78 is 36.1. The second kappa shape index (κ2) is 5.01. The maximum absolute atomic E-state index is 13.6. The molecule has 1 atom stereocenters. The number of phenolic OH excluding ortho intramolecular Hbond substituents is 1. The van der Waals surface area contributed by atoms with Crippen LogP contribution in [-0.4, -0.2) is 26.3 Å². The number of hydrogen-bond acceptors (Lipinski definition) is 4. The normalized spacial score (nSPS) is 13.6. The molecule has 0 saturated carbocycles. The molecule has 1 aromatic carbocycles. The fourth-order valence-electron chi connectivity index (χ4n) is 1.64. The smallest absolute Gasteiger partial charge is 0.178 e. The van der Waals surface area contributed by atoms with Crippen LogP contribution in [0.5, 0.6) is 5.75 Å². The van der Waals surface area contributed by atoms with Crippen molar-refractivity contribution in [2.24, 2.45) is 5.73 Å². The van der Waals surface area contributed by atoms with Crippen LogP contribution in [0.2, 0.25) is 0 Å². The van der Waals surface area contributed by atoms with Crippen molar-refractivity contribution in [2.45, 2.75) is 24.2 Å². The lowest BCUT2D eigenvalue weighted by Crippen LogP contribution is -2.07. The summed E-state index contributed by atoms with van der Waals surface area (Å²) >= 11 is 0. The molecule has 17 heavy (non-hydrogen) atoms. The highest BCUT2D eigenvalue weighted by molar-refractivity contribution is 7.90. The first-order valence-electron chi connectivity index (χ1n) is 5.20. The van der Waals surface area contributed by atoms with Gasteiger partial charge in [-0.1, -0.05) is 6.92 Å². The van der Waals surface area contributed by atoms with Crippen molar-refractivity contribution in [1.29, 1.82) is 0 Å². The van der Waals surface area contributed by atoms with Gasteiger partial charge in [0.1, 0.15) is 16.5 Å². The van der Waals surface area contributed by atoms with Gasteiger partial charge in [-0.05, 0) is 30.5 Å². The Balaban J connectivity index is 3.28. The number of hydrogen-bond donors (Lipinski definition) is 2. The Labute approximate surface area is 100 Å². The lowest BCUT2D eigenvalue weighted by Gasteiger charge is -2.14. The molecule has 1 unspecified atom stereocenters. The van der Waals surface area contributed by atoms with Crippen LogP contribution in [0.25, 0.3) is 0 Å². The van der Waals surface area contributed by atoms with E-state index in [0.717, 1.165) is 18.4 Å². The molecule has 3 N–H and O–H groups in total. The summed E-state index contributed by atoms with van der Waals surface area (Å²) in [4.78, 5) is -0.487. The molecule has 0 aliphatic carbocycles. The van der Waals surface area contributed by atoms with E-state index in [9.17, 15) is 17.9 Å². The average molecular weight is 261 g/mol. The molecule has 0 aromatic heterocycles. The lowest BCUT2D eigenvalue weighted by molar-refractivity contribution is 0.453. The monoisotopic (exact) mass is 261 g/mol. The highest BCUT2D eigenvalue weighted by atomic mass is 32.2. The number of aromatic hydroxyl groups is 1. The van der Waals surface area contributed by atoms with Crippen LogP contribution >= 0.6 is 0 Å². The maximum Gasteiger partial charge on any atom is 0.178 e. The molecule has 0 bridgehead atoms. The van der Waals surface area contributed by atoms with Crippen LogP contribution in [0.15, 0.2) is 17.0 Å². The number of sulfone groups is 1. The van der Waals surface area contributed by atoms with Crippen LogP contribution in [0.3, 0.4) is 0 Å². The van der Waals surface area contributed by atoms with E-state index >= 15 is 0 Å². The van der Waals surface area contributed by atoms with Gasteiger partial charge in [-0.3, -0.25) is 0 Å². The van der Waals surface area contributed by atoms with E-state index in [1.165, 1.54) is 0 Å². The van der Waals surface area contributed by atoms with Crippen molar-refractivity contribution in [2.75, 3.05) is 12.8 Å². The van der Waals surface area contributed by atoms with Gasteiger partial charge >= 0.3 is 0 Å². The van der Waals surface area contributed by atoms with Gasteiger partial charge in [0.25, 0.3) is 0 Å². The van der Waals surface area contributed by atoms with E-state index in [-0.39, 0.29) is 11.7 Å². The third-order valence-corrected chi connectivity index (χ3v) is 3.72. The third-order valence-electron chi connectivity index (χ3n) is 2.61. The van der Waals surface area contributed by atoms with Crippen LogP contribution in [0.1, 0.15) is 24.8 Å². The Morgan fingerprint density at radius 3 is 2.53 bits per heavy atom. The second-order valence-electron chi connectivity index (χ2n) is 4.09. The molecule has 0 fully saturated rings. The van der Waals surface area contributed by atoms with Crippen LogP contribution in [-0.2, 0) is 9.84 Å². The Bertz CT molecular complexity index is 514. The van der Waals surface area contributed by atoms with E-state index in [1.54, 1.807) is 6.92 Å². The molecule has 0 radical (unpaired) electrons. The zero-order valence-corrected chi connectivity index (χ0v) is 10.6. The highest BCUT2D eigenvalue weighted by Gasteiger charge is 2.19. The standard InChI is InChI=1S/C11H16FNO3S/c1-7(3-4-13)8-5-9(12)11(6-10(8)14)17(2,15)16/h5-7,14H,3-4,13H2,1-2H3. The summed E-state index contributed by atoms with van der Waals surface area (Å²) in [5, 5.41) is 9.70. The molecule has 4 nitrogen and oxygen atoms in total. The van der Waals surface area contributed by atoms with Crippen LogP contribution < -0.4 is 5.73 Å². The molecular formula is C11H16FNO3S. The first kappa shape index (κ1) is 13.9. The second-order valence-corrected chi connectivity index (χ2v) is 6.08. The lowest BCUT2D eigenvalue weighted by atomic mass is 9.97. The number of phenols is 1. The Kier molecular flexibility index (Phi) is 4.11. The molecule has 0 aliphatic heterocycles. The molecule has 6 heteroatoms. The van der Waals surface area contributed by atoms with Crippen molar-refractivity contribution in [3.05, 3.63) is 23.5 Å². The van der Waals surface area contributed by atoms with E-state index < -0.39 is 20.5 Å². The zero-order chi connectivity index (χ0) is 13.2. The largest absolute Gasteiger partial charge is 0.508 e. The van der Waals surface area contributed by atoms with Gasteiger partial charge in [0, 0.05) is 12.3 Å². The summed E-state index contributed by atoms with van der Waals surface area (Å²) in [6.45, 7) is 2.21. The van der Waals surface area contributed by atoms with Gasteiger partial charge in [-0.25, -0.2) is 12.8 Å². The summed E-state index contributed by atoms with van der Waals surface area (Å²) in [6, 6.07) is 2.01. The van der Waals surface area contributed by atoms with Gasteiger partial charge in [-0.15, -0.1) is 0 Å².